The number of hydrogen-bond donors (Lipinski definition) is 1. The van der Waals surface area contributed by atoms with Gasteiger partial charge in [-0.3, -0.25) is 29.8 Å². The third kappa shape index (κ3) is 5.73. The summed E-state index contributed by atoms with van der Waals surface area (Å²) in [6.45, 7) is 0. The Morgan fingerprint density at radius 2 is 1.48 bits per heavy atom. The van der Waals surface area contributed by atoms with E-state index < -0.39 is 15.8 Å². The number of hydrogen-bond acceptors (Lipinski definition) is 7. The number of amides is 1. The fourth-order valence-corrected chi connectivity index (χ4v) is 3.48. The van der Waals surface area contributed by atoms with Crippen molar-refractivity contribution in [2.75, 3.05) is 11.1 Å². The molecular formula is C21H15N3O6S. The van der Waals surface area contributed by atoms with Crippen LogP contribution < -0.4 is 5.32 Å². The van der Waals surface area contributed by atoms with Crippen LogP contribution in [0.15, 0.2) is 77.7 Å². The van der Waals surface area contributed by atoms with Crippen molar-refractivity contribution in [2.45, 2.75) is 4.90 Å². The van der Waals surface area contributed by atoms with E-state index in [9.17, 15) is 29.8 Å². The number of nitrogens with one attached hydrogen (secondary N) is 1. The number of carbonyl (C=O) groups is 2. The Hall–Kier alpha value is -4.05. The molecule has 1 N–H and O–H groups in total. The number of nitro groups is 2. The molecule has 31 heavy (non-hydrogen) atoms. The van der Waals surface area contributed by atoms with Gasteiger partial charge < -0.3 is 5.32 Å². The summed E-state index contributed by atoms with van der Waals surface area (Å²) < 4.78 is 0. The Labute approximate surface area is 180 Å². The number of rotatable bonds is 8. The van der Waals surface area contributed by atoms with Crippen molar-refractivity contribution in [3.05, 3.63) is 104 Å². The van der Waals surface area contributed by atoms with Crippen LogP contribution in [0.5, 0.6) is 0 Å². The Balaban J connectivity index is 1.63. The van der Waals surface area contributed by atoms with Crippen LogP contribution in [-0.4, -0.2) is 27.3 Å². The smallest absolute Gasteiger partial charge is 0.270 e. The highest BCUT2D eigenvalue weighted by molar-refractivity contribution is 8.00. The molecule has 0 bridgehead atoms. The van der Waals surface area contributed by atoms with Gasteiger partial charge in [-0.2, -0.15) is 0 Å². The topological polar surface area (TPSA) is 132 Å². The van der Waals surface area contributed by atoms with Crippen molar-refractivity contribution in [2.24, 2.45) is 0 Å². The highest BCUT2D eigenvalue weighted by Gasteiger charge is 2.13. The molecule has 0 radical (unpaired) electrons. The summed E-state index contributed by atoms with van der Waals surface area (Å²) >= 11 is 1.23. The van der Waals surface area contributed by atoms with Crippen LogP contribution >= 0.6 is 11.8 Å². The summed E-state index contributed by atoms with van der Waals surface area (Å²) in [4.78, 5) is 45.9. The molecule has 3 rings (SSSR count). The van der Waals surface area contributed by atoms with Gasteiger partial charge in [0.05, 0.1) is 15.6 Å². The minimum absolute atomic E-state index is 0.0704. The molecule has 0 saturated carbocycles. The molecule has 0 unspecified atom stereocenters. The van der Waals surface area contributed by atoms with E-state index >= 15 is 0 Å². The maximum atomic E-state index is 12.4. The number of nitrogens with zero attached hydrogens (tertiary/aromatic N) is 2. The average Bonchev–Trinajstić information content (AvgIpc) is 2.77. The van der Waals surface area contributed by atoms with Crippen molar-refractivity contribution in [1.29, 1.82) is 0 Å². The lowest BCUT2D eigenvalue weighted by Crippen LogP contribution is -2.11. The molecule has 0 aliphatic rings. The summed E-state index contributed by atoms with van der Waals surface area (Å²) in [6, 6.07) is 17.6. The zero-order valence-corrected chi connectivity index (χ0v) is 16.7. The first-order valence-corrected chi connectivity index (χ1v) is 9.88. The van der Waals surface area contributed by atoms with Crippen LogP contribution in [-0.2, 0) is 0 Å². The second-order valence-corrected chi connectivity index (χ2v) is 7.35. The third-order valence-corrected chi connectivity index (χ3v) is 5.17. The lowest BCUT2D eigenvalue weighted by atomic mass is 10.1. The van der Waals surface area contributed by atoms with Gasteiger partial charge in [-0.05, 0) is 30.3 Å². The van der Waals surface area contributed by atoms with Crippen molar-refractivity contribution >= 4 is 40.5 Å². The normalized spacial score (nSPS) is 10.3. The Morgan fingerprint density at radius 1 is 0.806 bits per heavy atom. The van der Waals surface area contributed by atoms with E-state index in [-0.39, 0.29) is 34.0 Å². The van der Waals surface area contributed by atoms with Gasteiger partial charge in [0.15, 0.2) is 5.78 Å². The molecule has 0 atom stereocenters. The number of thioether (sulfide) groups is 1. The Bertz CT molecular complexity index is 1160. The van der Waals surface area contributed by atoms with E-state index in [1.165, 1.54) is 60.3 Å². The average molecular weight is 437 g/mol. The van der Waals surface area contributed by atoms with E-state index in [1.54, 1.807) is 24.3 Å². The number of anilines is 1. The predicted molar refractivity (Wildman–Crippen MR) is 116 cm³/mol. The van der Waals surface area contributed by atoms with Gasteiger partial charge in [-0.1, -0.05) is 18.2 Å². The quantitative estimate of drug-likeness (QED) is 0.233. The Morgan fingerprint density at radius 3 is 2.16 bits per heavy atom. The number of ketones is 1. The fourth-order valence-electron chi connectivity index (χ4n) is 2.63. The van der Waals surface area contributed by atoms with Gasteiger partial charge >= 0.3 is 0 Å². The first-order chi connectivity index (χ1) is 14.8. The van der Waals surface area contributed by atoms with E-state index in [4.69, 9.17) is 0 Å². The number of carbonyl (C=O) groups excluding carboxylic acids is 2. The number of benzene rings is 3. The van der Waals surface area contributed by atoms with E-state index in [2.05, 4.69) is 5.32 Å². The van der Waals surface area contributed by atoms with Crippen molar-refractivity contribution in [3.63, 3.8) is 0 Å². The Kier molecular flexibility index (Phi) is 6.73. The third-order valence-electron chi connectivity index (χ3n) is 4.18. The molecule has 9 nitrogen and oxygen atoms in total. The molecule has 156 valence electrons. The summed E-state index contributed by atoms with van der Waals surface area (Å²) in [5, 5.41) is 24.3. The van der Waals surface area contributed by atoms with Gasteiger partial charge in [-0.15, -0.1) is 11.8 Å². The SMILES string of the molecule is O=C(CSc1cccc(NC(=O)c2ccc([N+](=O)[O-])cc2)c1)c1cccc([N+](=O)[O-])c1. The van der Waals surface area contributed by atoms with Gasteiger partial charge in [0, 0.05) is 46.0 Å². The maximum Gasteiger partial charge on any atom is 0.270 e. The molecule has 3 aromatic rings. The summed E-state index contributed by atoms with van der Waals surface area (Å²) in [6.07, 6.45) is 0. The van der Waals surface area contributed by atoms with E-state index in [1.807, 2.05) is 0 Å². The molecule has 10 heteroatoms. The molecule has 0 aliphatic heterocycles. The van der Waals surface area contributed by atoms with Gasteiger partial charge in [0.25, 0.3) is 17.3 Å². The molecule has 0 aliphatic carbocycles. The second kappa shape index (κ2) is 9.63. The molecule has 0 fully saturated rings. The van der Waals surface area contributed by atoms with E-state index in [0.29, 0.717) is 5.69 Å². The molecule has 1 amide bonds. The van der Waals surface area contributed by atoms with Crippen LogP contribution in [0.1, 0.15) is 20.7 Å². The summed E-state index contributed by atoms with van der Waals surface area (Å²) in [5.41, 5.74) is 0.764. The van der Waals surface area contributed by atoms with Gasteiger partial charge in [0.2, 0.25) is 0 Å². The van der Waals surface area contributed by atoms with Crippen LogP contribution in [0.25, 0.3) is 0 Å². The fraction of sp³-hybridized carbons (Fsp3) is 0.0476. The summed E-state index contributed by atoms with van der Waals surface area (Å²) in [7, 11) is 0. The highest BCUT2D eigenvalue weighted by Crippen LogP contribution is 2.24. The number of non-ortho nitro benzene ring substituents is 2. The van der Waals surface area contributed by atoms with Gasteiger partial charge in [0.1, 0.15) is 0 Å². The lowest BCUT2D eigenvalue weighted by molar-refractivity contribution is -0.385. The molecule has 0 spiro atoms. The van der Waals surface area contributed by atoms with Crippen molar-refractivity contribution in [3.8, 4) is 0 Å². The number of nitro benzene ring substituents is 2. The van der Waals surface area contributed by atoms with Crippen LogP contribution in [0.2, 0.25) is 0 Å². The van der Waals surface area contributed by atoms with Gasteiger partial charge in [-0.25, -0.2) is 0 Å². The molecular weight excluding hydrogens is 422 g/mol. The zero-order chi connectivity index (χ0) is 22.4. The van der Waals surface area contributed by atoms with Crippen molar-refractivity contribution < 1.29 is 19.4 Å². The molecule has 0 heterocycles. The van der Waals surface area contributed by atoms with Crippen LogP contribution in [0.3, 0.4) is 0 Å². The molecule has 0 saturated heterocycles. The first kappa shape index (κ1) is 21.7. The van der Waals surface area contributed by atoms with Crippen molar-refractivity contribution in [1.82, 2.24) is 0 Å². The number of Topliss-reactive ketones (excluding diaryl/α,β-unsaturated/α-hetero) is 1. The van der Waals surface area contributed by atoms with E-state index in [0.717, 1.165) is 4.90 Å². The summed E-state index contributed by atoms with van der Waals surface area (Å²) in [5.74, 6) is -0.611. The van der Waals surface area contributed by atoms with Crippen LogP contribution in [0.4, 0.5) is 17.1 Å². The first-order valence-electron chi connectivity index (χ1n) is 8.90. The zero-order valence-electron chi connectivity index (χ0n) is 15.9. The molecule has 0 aromatic heterocycles. The predicted octanol–water partition coefficient (Wildman–Crippen LogP) is 4.73. The second-order valence-electron chi connectivity index (χ2n) is 6.31. The highest BCUT2D eigenvalue weighted by atomic mass is 32.2. The minimum Gasteiger partial charge on any atom is -0.322 e. The maximum absolute atomic E-state index is 12.4. The lowest BCUT2D eigenvalue weighted by Gasteiger charge is -2.07. The van der Waals surface area contributed by atoms with Crippen LogP contribution in [0, 0.1) is 20.2 Å². The minimum atomic E-state index is -0.555. The monoisotopic (exact) mass is 437 g/mol. The largest absolute Gasteiger partial charge is 0.322 e. The standard InChI is InChI=1S/C21H15N3O6S/c25-20(15-3-1-5-18(11-15)24(29)30)13-31-19-6-2-4-16(12-19)22-21(26)14-7-9-17(10-8-14)23(27)28/h1-12H,13H2,(H,22,26). The molecule has 3 aromatic carbocycles.